The monoisotopic (exact) mass is 217 g/mol. The topological polar surface area (TPSA) is 22.1 Å². The van der Waals surface area contributed by atoms with E-state index < -0.39 is 0 Å². The summed E-state index contributed by atoms with van der Waals surface area (Å²) in [5, 5.41) is 0. The van der Waals surface area contributed by atoms with Crippen molar-refractivity contribution in [1.82, 2.24) is 4.98 Å². The van der Waals surface area contributed by atoms with Crippen molar-refractivity contribution in [3.63, 3.8) is 0 Å². The predicted molar refractivity (Wildman–Crippen MR) is 60.9 cm³/mol. The van der Waals surface area contributed by atoms with Gasteiger partial charge in [0.1, 0.15) is 11.6 Å². The minimum absolute atomic E-state index is 0.298. The van der Waals surface area contributed by atoms with Crippen molar-refractivity contribution in [1.29, 1.82) is 0 Å². The van der Waals surface area contributed by atoms with Gasteiger partial charge in [0.15, 0.2) is 0 Å². The average molecular weight is 217 g/mol. The van der Waals surface area contributed by atoms with E-state index >= 15 is 0 Å². The van der Waals surface area contributed by atoms with E-state index in [1.165, 1.54) is 18.3 Å². The van der Waals surface area contributed by atoms with Gasteiger partial charge in [-0.2, -0.15) is 0 Å². The first-order chi connectivity index (χ1) is 7.70. The standard InChI is InChI=1S/C13H12FNO/c1-9-3-4-13(16-2)11(7-9)12-8-10(14)5-6-15-12/h3-8H,1-2H3. The van der Waals surface area contributed by atoms with Crippen molar-refractivity contribution < 1.29 is 9.13 Å². The third-order valence-corrected chi connectivity index (χ3v) is 2.35. The summed E-state index contributed by atoms with van der Waals surface area (Å²) in [5.41, 5.74) is 2.48. The van der Waals surface area contributed by atoms with Gasteiger partial charge in [-0.3, -0.25) is 4.98 Å². The highest BCUT2D eigenvalue weighted by molar-refractivity contribution is 5.67. The molecule has 0 saturated heterocycles. The lowest BCUT2D eigenvalue weighted by Crippen LogP contribution is -1.91. The maximum absolute atomic E-state index is 13.1. The van der Waals surface area contributed by atoms with Gasteiger partial charge in [0.25, 0.3) is 0 Å². The summed E-state index contributed by atoms with van der Waals surface area (Å²) in [6, 6.07) is 8.46. The Morgan fingerprint density at radius 1 is 1.19 bits per heavy atom. The van der Waals surface area contributed by atoms with E-state index in [2.05, 4.69) is 4.98 Å². The molecule has 0 aliphatic rings. The zero-order valence-corrected chi connectivity index (χ0v) is 9.20. The average Bonchev–Trinajstić information content (AvgIpc) is 2.29. The molecule has 1 heterocycles. The number of hydrogen-bond donors (Lipinski definition) is 0. The van der Waals surface area contributed by atoms with Crippen LogP contribution >= 0.6 is 0 Å². The fourth-order valence-corrected chi connectivity index (χ4v) is 1.57. The lowest BCUT2D eigenvalue weighted by Gasteiger charge is -2.08. The highest BCUT2D eigenvalue weighted by atomic mass is 19.1. The van der Waals surface area contributed by atoms with Crippen molar-refractivity contribution in [3.8, 4) is 17.0 Å². The molecule has 0 fully saturated rings. The Balaban J connectivity index is 2.58. The molecule has 2 rings (SSSR count). The summed E-state index contributed by atoms with van der Waals surface area (Å²) in [5.74, 6) is 0.400. The van der Waals surface area contributed by atoms with Crippen LogP contribution in [0.5, 0.6) is 5.75 Å². The van der Waals surface area contributed by atoms with Crippen LogP contribution in [0, 0.1) is 12.7 Å². The number of methoxy groups -OCH3 is 1. The minimum atomic E-state index is -0.298. The molecule has 0 bridgehead atoms. The van der Waals surface area contributed by atoms with E-state index in [4.69, 9.17) is 4.74 Å². The van der Waals surface area contributed by atoms with Crippen LogP contribution in [0.2, 0.25) is 0 Å². The second-order valence-corrected chi connectivity index (χ2v) is 3.56. The van der Waals surface area contributed by atoms with Crippen LogP contribution in [-0.4, -0.2) is 12.1 Å². The Morgan fingerprint density at radius 3 is 2.69 bits per heavy atom. The number of nitrogens with zero attached hydrogens (tertiary/aromatic N) is 1. The largest absolute Gasteiger partial charge is 0.496 e. The molecule has 0 N–H and O–H groups in total. The zero-order chi connectivity index (χ0) is 11.5. The van der Waals surface area contributed by atoms with Gasteiger partial charge >= 0.3 is 0 Å². The van der Waals surface area contributed by atoms with E-state index in [0.29, 0.717) is 11.4 Å². The van der Waals surface area contributed by atoms with Gasteiger partial charge in [0, 0.05) is 17.8 Å². The number of aromatic nitrogens is 1. The van der Waals surface area contributed by atoms with E-state index in [9.17, 15) is 4.39 Å². The molecular formula is C13H12FNO. The minimum Gasteiger partial charge on any atom is -0.496 e. The Hall–Kier alpha value is -1.90. The molecule has 3 heteroatoms. The smallest absolute Gasteiger partial charge is 0.128 e. The second-order valence-electron chi connectivity index (χ2n) is 3.56. The third kappa shape index (κ3) is 2.03. The molecule has 0 spiro atoms. The summed E-state index contributed by atoms with van der Waals surface area (Å²) in [6.07, 6.45) is 1.45. The predicted octanol–water partition coefficient (Wildman–Crippen LogP) is 3.20. The normalized spacial score (nSPS) is 10.2. The molecule has 0 aliphatic heterocycles. The summed E-state index contributed by atoms with van der Waals surface area (Å²) >= 11 is 0. The molecule has 2 aromatic rings. The van der Waals surface area contributed by atoms with Crippen LogP contribution in [0.25, 0.3) is 11.3 Å². The first-order valence-corrected chi connectivity index (χ1v) is 4.97. The molecule has 0 saturated carbocycles. The fourth-order valence-electron chi connectivity index (χ4n) is 1.57. The summed E-state index contributed by atoms with van der Waals surface area (Å²) in [6.45, 7) is 1.97. The highest BCUT2D eigenvalue weighted by Gasteiger charge is 2.07. The number of halogens is 1. The Kier molecular flexibility index (Phi) is 2.86. The number of ether oxygens (including phenoxy) is 1. The maximum Gasteiger partial charge on any atom is 0.128 e. The second kappa shape index (κ2) is 4.31. The molecule has 0 aliphatic carbocycles. The number of hydrogen-bond acceptors (Lipinski definition) is 2. The summed E-state index contributed by atoms with van der Waals surface area (Å²) < 4.78 is 18.3. The number of pyridine rings is 1. The number of aryl methyl sites for hydroxylation is 1. The first kappa shape index (κ1) is 10.6. The molecular weight excluding hydrogens is 205 g/mol. The van der Waals surface area contributed by atoms with Crippen LogP contribution in [0.3, 0.4) is 0 Å². The first-order valence-electron chi connectivity index (χ1n) is 4.97. The number of benzene rings is 1. The molecule has 1 aromatic carbocycles. The van der Waals surface area contributed by atoms with Crippen LogP contribution in [-0.2, 0) is 0 Å². The Bertz CT molecular complexity index is 511. The molecule has 0 atom stereocenters. The Morgan fingerprint density at radius 2 is 2.00 bits per heavy atom. The molecule has 0 radical (unpaired) electrons. The van der Waals surface area contributed by atoms with Gasteiger partial charge in [0.2, 0.25) is 0 Å². The zero-order valence-electron chi connectivity index (χ0n) is 9.20. The molecule has 2 nitrogen and oxygen atoms in total. The van der Waals surface area contributed by atoms with Gasteiger partial charge in [-0.25, -0.2) is 4.39 Å². The molecule has 82 valence electrons. The summed E-state index contributed by atoms with van der Waals surface area (Å²) in [4.78, 5) is 4.14. The van der Waals surface area contributed by atoms with Crippen LogP contribution in [0.4, 0.5) is 4.39 Å². The van der Waals surface area contributed by atoms with Gasteiger partial charge in [-0.05, 0) is 25.1 Å². The fraction of sp³-hybridized carbons (Fsp3) is 0.154. The molecule has 0 unspecified atom stereocenters. The summed E-state index contributed by atoms with van der Waals surface area (Å²) in [7, 11) is 1.59. The van der Waals surface area contributed by atoms with Crippen molar-refractivity contribution in [2.75, 3.05) is 7.11 Å². The van der Waals surface area contributed by atoms with Gasteiger partial charge < -0.3 is 4.74 Å². The van der Waals surface area contributed by atoms with Crippen molar-refractivity contribution in [3.05, 3.63) is 47.9 Å². The Labute approximate surface area is 93.7 Å². The number of rotatable bonds is 2. The molecule has 16 heavy (non-hydrogen) atoms. The van der Waals surface area contributed by atoms with Crippen molar-refractivity contribution in [2.45, 2.75) is 6.92 Å². The van der Waals surface area contributed by atoms with Crippen LogP contribution < -0.4 is 4.74 Å². The van der Waals surface area contributed by atoms with E-state index in [-0.39, 0.29) is 5.82 Å². The van der Waals surface area contributed by atoms with Crippen LogP contribution in [0.15, 0.2) is 36.5 Å². The maximum atomic E-state index is 13.1. The van der Waals surface area contributed by atoms with Gasteiger partial charge in [-0.15, -0.1) is 0 Å². The lowest BCUT2D eigenvalue weighted by molar-refractivity contribution is 0.416. The third-order valence-electron chi connectivity index (χ3n) is 2.35. The quantitative estimate of drug-likeness (QED) is 0.770. The van der Waals surface area contributed by atoms with Gasteiger partial charge in [-0.1, -0.05) is 11.6 Å². The van der Waals surface area contributed by atoms with Crippen molar-refractivity contribution in [2.24, 2.45) is 0 Å². The van der Waals surface area contributed by atoms with E-state index in [1.807, 2.05) is 25.1 Å². The van der Waals surface area contributed by atoms with E-state index in [0.717, 1.165) is 11.1 Å². The lowest BCUT2D eigenvalue weighted by atomic mass is 10.1. The van der Waals surface area contributed by atoms with Crippen molar-refractivity contribution >= 4 is 0 Å². The SMILES string of the molecule is COc1ccc(C)cc1-c1cc(F)ccn1. The van der Waals surface area contributed by atoms with E-state index in [1.54, 1.807) is 7.11 Å². The molecule has 1 aromatic heterocycles. The molecule has 0 amide bonds. The van der Waals surface area contributed by atoms with Gasteiger partial charge in [0.05, 0.1) is 12.8 Å². The van der Waals surface area contributed by atoms with Crippen LogP contribution in [0.1, 0.15) is 5.56 Å². The highest BCUT2D eigenvalue weighted by Crippen LogP contribution is 2.29.